The number of hydrogen-bond acceptors (Lipinski definition) is 9. The number of aliphatic imine (C=N–C) groups is 1. The second-order valence-electron chi connectivity index (χ2n) is 13.1. The Morgan fingerprint density at radius 2 is 1.39 bits per heavy atom. The van der Waals surface area contributed by atoms with E-state index in [4.69, 9.17) is 0 Å². The van der Waals surface area contributed by atoms with Crippen molar-refractivity contribution in [2.24, 2.45) is 4.99 Å². The predicted molar refractivity (Wildman–Crippen MR) is 226 cm³/mol. The first-order chi connectivity index (χ1) is 26.4. The second-order valence-corrected chi connectivity index (χ2v) is 15.8. The molecule has 5 rings (SSSR count). The lowest BCUT2D eigenvalue weighted by molar-refractivity contribution is -0.686. The molecule has 1 aromatic heterocycles. The van der Waals surface area contributed by atoms with Crippen molar-refractivity contribution < 1.29 is 24.4 Å². The first kappa shape index (κ1) is 40.6. The van der Waals surface area contributed by atoms with E-state index < -0.39 is 0 Å². The number of aromatic nitrogens is 1. The van der Waals surface area contributed by atoms with Crippen molar-refractivity contribution in [3.8, 4) is 0 Å². The zero-order valence-corrected chi connectivity index (χ0v) is 32.3. The van der Waals surface area contributed by atoms with Gasteiger partial charge in [-0.05, 0) is 72.5 Å². The molecule has 2 saturated heterocycles. The molecule has 0 spiro atoms. The number of aliphatic hydroxyl groups is 2. The van der Waals surface area contributed by atoms with E-state index in [9.17, 15) is 19.8 Å². The Bertz CT molecular complexity index is 1790. The van der Waals surface area contributed by atoms with Crippen LogP contribution in [-0.2, 0) is 16.1 Å². The van der Waals surface area contributed by atoms with Gasteiger partial charge in [0.15, 0.2) is 6.20 Å². The van der Waals surface area contributed by atoms with E-state index in [1.54, 1.807) is 33.7 Å². The maximum atomic E-state index is 12.7. The van der Waals surface area contributed by atoms with Gasteiger partial charge in [-0.3, -0.25) is 14.6 Å². The number of nitrogens with one attached hydrogen (secondary N) is 2. The van der Waals surface area contributed by atoms with E-state index in [1.165, 1.54) is 0 Å². The zero-order chi connectivity index (χ0) is 38.0. The van der Waals surface area contributed by atoms with Gasteiger partial charge >= 0.3 is 0 Å². The molecule has 2 amide bonds. The van der Waals surface area contributed by atoms with Crippen molar-refractivity contribution >= 4 is 68.7 Å². The summed E-state index contributed by atoms with van der Waals surface area (Å²) in [5.41, 5.74) is 5.90. The third-order valence-electron chi connectivity index (χ3n) is 8.93. The molecule has 3 aromatic rings. The molecule has 2 aromatic carbocycles. The number of nitrogens with zero attached hydrogens (tertiary/aromatic N) is 4. The van der Waals surface area contributed by atoms with E-state index in [2.05, 4.69) is 68.4 Å². The van der Waals surface area contributed by atoms with Crippen LogP contribution in [0.4, 0.5) is 11.4 Å². The molecule has 284 valence electrons. The molecular weight excluding hydrogens is 717 g/mol. The number of β-amino-alcohol motifs (C(OH)–C–C–N with tert-alkyl or cyclic N) is 2. The second kappa shape index (κ2) is 21.9. The quantitative estimate of drug-likeness (QED) is 0.0452. The number of carbonyl (C=O) groups is 2. The molecule has 2 unspecified atom stereocenters. The molecule has 0 bridgehead atoms. The van der Waals surface area contributed by atoms with E-state index in [-0.39, 0.29) is 37.1 Å². The van der Waals surface area contributed by atoms with E-state index >= 15 is 0 Å². The molecule has 0 saturated carbocycles. The third kappa shape index (κ3) is 13.7. The van der Waals surface area contributed by atoms with Crippen LogP contribution in [0.2, 0.25) is 0 Å². The highest BCUT2D eigenvalue weighted by Crippen LogP contribution is 2.23. The number of anilines is 2. The summed E-state index contributed by atoms with van der Waals surface area (Å²) >= 11 is 0. The topological polar surface area (TPSA) is 121 Å². The van der Waals surface area contributed by atoms with Crippen molar-refractivity contribution in [1.29, 1.82) is 0 Å². The van der Waals surface area contributed by atoms with Gasteiger partial charge in [0.25, 0.3) is 5.91 Å². The lowest BCUT2D eigenvalue weighted by Crippen LogP contribution is -2.45. The van der Waals surface area contributed by atoms with Crippen LogP contribution in [0.1, 0.15) is 29.7 Å². The van der Waals surface area contributed by atoms with Gasteiger partial charge < -0.3 is 30.6 Å². The number of amides is 2. The van der Waals surface area contributed by atoms with Crippen LogP contribution in [0, 0.1) is 0 Å². The summed E-state index contributed by atoms with van der Waals surface area (Å²) in [5.74, 6) is 1.30. The molecule has 3 heterocycles. The number of benzene rings is 2. The third-order valence-corrected chi connectivity index (χ3v) is 11.3. The Balaban J connectivity index is 0.951. The highest BCUT2D eigenvalue weighted by atomic mass is 33.1. The SMILES string of the molecule is C=C\C=C/C(/C=C/c1ccc(N2CCC(O)C2)cc1)=N/CC(=O)NCCSSCCNC(=O)C[n+]1ccccc1/C=C/c1ccc(N2CCC(O)C2)cc1. The molecule has 0 aliphatic carbocycles. The van der Waals surface area contributed by atoms with Crippen molar-refractivity contribution in [3.05, 3.63) is 121 Å². The molecule has 2 atom stereocenters. The van der Waals surface area contributed by atoms with Crippen molar-refractivity contribution in [1.82, 2.24) is 10.6 Å². The van der Waals surface area contributed by atoms with Crippen LogP contribution >= 0.6 is 21.6 Å². The minimum atomic E-state index is -0.260. The summed E-state index contributed by atoms with van der Waals surface area (Å²) < 4.78 is 1.93. The summed E-state index contributed by atoms with van der Waals surface area (Å²) in [7, 11) is 3.31. The highest BCUT2D eigenvalue weighted by molar-refractivity contribution is 8.76. The lowest BCUT2D eigenvalue weighted by atomic mass is 10.1. The molecule has 2 fully saturated rings. The van der Waals surface area contributed by atoms with Crippen molar-refractivity contribution in [2.45, 2.75) is 31.6 Å². The number of hydrogen-bond donors (Lipinski definition) is 4. The summed E-state index contributed by atoms with van der Waals surface area (Å²) in [6.45, 7) is 8.13. The van der Waals surface area contributed by atoms with E-state index in [1.807, 2.05) is 71.5 Å². The normalized spacial score (nSPS) is 17.6. The molecule has 2 aliphatic rings. The Morgan fingerprint density at radius 1 is 0.796 bits per heavy atom. The number of allylic oxidation sites excluding steroid dienone is 4. The summed E-state index contributed by atoms with van der Waals surface area (Å²) in [6, 6.07) is 22.3. The number of aliphatic hydroxyl groups excluding tert-OH is 2. The smallest absolute Gasteiger partial charge is 0.286 e. The summed E-state index contributed by atoms with van der Waals surface area (Å²) in [4.78, 5) is 34.0. The standard InChI is InChI=1S/C42H50N6O4S2/c1-2-3-6-35(14-8-33-10-16-37(17-11-33)47-25-20-39(49)30-47)45-29-41(51)43-22-27-53-54-28-23-44-42(52)32-46-24-5-4-7-36(46)15-9-34-12-18-38(19-13-34)48-26-21-40(50)31-48/h2-19,24,39-40,49-50H,1,20-23,25-32H2,(H-,43,44,51,52)/p+1/b6-3-,14-8+,45-35-. The minimum absolute atomic E-state index is 0.0244. The Kier molecular flexibility index (Phi) is 16.5. The van der Waals surface area contributed by atoms with Gasteiger partial charge in [0.1, 0.15) is 6.54 Å². The highest BCUT2D eigenvalue weighted by Gasteiger charge is 2.21. The predicted octanol–water partition coefficient (Wildman–Crippen LogP) is 4.80. The first-order valence-electron chi connectivity index (χ1n) is 18.4. The van der Waals surface area contributed by atoms with Crippen molar-refractivity contribution in [3.63, 3.8) is 0 Å². The fraction of sp³-hybridized carbons (Fsp3) is 0.333. The minimum Gasteiger partial charge on any atom is -0.391 e. The number of pyridine rings is 1. The number of rotatable bonds is 19. The molecular formula is C42H51N6O4S2+. The van der Waals surface area contributed by atoms with Gasteiger partial charge in [-0.25, -0.2) is 0 Å². The van der Waals surface area contributed by atoms with Crippen LogP contribution in [0.3, 0.4) is 0 Å². The molecule has 2 aliphatic heterocycles. The average Bonchev–Trinajstić information content (AvgIpc) is 3.83. The van der Waals surface area contributed by atoms with Gasteiger partial charge in [0.05, 0.1) is 17.9 Å². The van der Waals surface area contributed by atoms with Crippen LogP contribution in [0.5, 0.6) is 0 Å². The van der Waals surface area contributed by atoms with Crippen LogP contribution in [-0.4, -0.2) is 97.3 Å². The van der Waals surface area contributed by atoms with Crippen LogP contribution in [0.15, 0.2) is 109 Å². The molecule has 4 N–H and O–H groups in total. The van der Waals surface area contributed by atoms with E-state index in [0.29, 0.717) is 31.9 Å². The van der Waals surface area contributed by atoms with Gasteiger partial charge in [0.2, 0.25) is 18.1 Å². The van der Waals surface area contributed by atoms with Gasteiger partial charge in [0, 0.05) is 80.4 Å². The van der Waals surface area contributed by atoms with Crippen LogP contribution in [0.25, 0.3) is 18.2 Å². The Labute approximate surface area is 326 Å². The fourth-order valence-corrected chi connectivity index (χ4v) is 7.85. The average molecular weight is 768 g/mol. The molecule has 12 heteroatoms. The van der Waals surface area contributed by atoms with E-state index in [0.717, 1.165) is 65.6 Å². The Morgan fingerprint density at radius 3 is 1.96 bits per heavy atom. The zero-order valence-electron chi connectivity index (χ0n) is 30.6. The monoisotopic (exact) mass is 767 g/mol. The molecule has 0 radical (unpaired) electrons. The van der Waals surface area contributed by atoms with Gasteiger partial charge in [-0.2, -0.15) is 4.57 Å². The maximum absolute atomic E-state index is 12.7. The lowest BCUT2D eigenvalue weighted by Gasteiger charge is -2.17. The summed E-state index contributed by atoms with van der Waals surface area (Å²) in [6.07, 6.45) is 16.2. The van der Waals surface area contributed by atoms with Crippen LogP contribution < -0.4 is 25.0 Å². The number of carbonyl (C=O) groups excluding carboxylic acids is 2. The fourth-order valence-electron chi connectivity index (χ4n) is 6.03. The summed E-state index contributed by atoms with van der Waals surface area (Å²) in [5, 5.41) is 25.6. The Hall–Kier alpha value is -4.62. The largest absolute Gasteiger partial charge is 0.391 e. The maximum Gasteiger partial charge on any atom is 0.286 e. The van der Waals surface area contributed by atoms with Gasteiger partial charge in [-0.15, -0.1) is 0 Å². The van der Waals surface area contributed by atoms with Crippen molar-refractivity contribution in [2.75, 3.05) is 67.1 Å². The first-order valence-corrected chi connectivity index (χ1v) is 20.9. The molecule has 10 nitrogen and oxygen atoms in total. The van der Waals surface area contributed by atoms with Gasteiger partial charge in [-0.1, -0.05) is 70.7 Å². The molecule has 54 heavy (non-hydrogen) atoms.